The summed E-state index contributed by atoms with van der Waals surface area (Å²) in [5.74, 6) is -2.98. The molecule has 0 spiro atoms. The largest absolute Gasteiger partial charge is 0.455 e. The van der Waals surface area contributed by atoms with E-state index in [1.807, 2.05) is 72.8 Å². The molecule has 0 radical (unpaired) electrons. The van der Waals surface area contributed by atoms with E-state index in [1.54, 1.807) is 30.3 Å². The first-order valence-corrected chi connectivity index (χ1v) is 15.2. The van der Waals surface area contributed by atoms with Crippen LogP contribution in [0.15, 0.2) is 103 Å². The van der Waals surface area contributed by atoms with E-state index in [-0.39, 0.29) is 5.56 Å². The molecule has 1 saturated heterocycles. The third-order valence-electron chi connectivity index (χ3n) is 8.08. The van der Waals surface area contributed by atoms with E-state index in [0.29, 0.717) is 25.7 Å². The standard InChI is InChI=1S/C36H38O9/c1-41-36-32(45-33(38)26-17-9-4-10-18-26)31-30(29(23-37)42-36)43-34(39)27(21-24-13-5-2-6-14-24)19-11-12-20-28(35(40)44-31)22-25-15-7-3-8-16-25/h2-18,27-32,36-37H,19-23H2,1H3/t27-,28-,29+,30-,31-,32+,36-/m0/s1. The Morgan fingerprint density at radius 1 is 0.756 bits per heavy atom. The van der Waals surface area contributed by atoms with Crippen LogP contribution in [0, 0.1) is 11.8 Å². The van der Waals surface area contributed by atoms with E-state index in [1.165, 1.54) is 7.11 Å². The van der Waals surface area contributed by atoms with Gasteiger partial charge < -0.3 is 28.8 Å². The van der Waals surface area contributed by atoms with Gasteiger partial charge in [-0.05, 0) is 48.9 Å². The van der Waals surface area contributed by atoms with E-state index < -0.39 is 67.1 Å². The first kappa shape index (κ1) is 32.1. The Hall–Kier alpha value is -4.31. The molecule has 0 aliphatic carbocycles. The van der Waals surface area contributed by atoms with Gasteiger partial charge in [-0.2, -0.15) is 0 Å². The van der Waals surface area contributed by atoms with Crippen LogP contribution >= 0.6 is 0 Å². The van der Waals surface area contributed by atoms with Crippen molar-refractivity contribution in [3.05, 3.63) is 120 Å². The lowest BCUT2D eigenvalue weighted by molar-refractivity contribution is -0.300. The van der Waals surface area contributed by atoms with Crippen molar-refractivity contribution in [1.29, 1.82) is 0 Å². The Labute approximate surface area is 262 Å². The Balaban J connectivity index is 1.52. The smallest absolute Gasteiger partial charge is 0.338 e. The molecule has 2 aliphatic heterocycles. The lowest BCUT2D eigenvalue weighted by Gasteiger charge is -2.44. The van der Waals surface area contributed by atoms with E-state index >= 15 is 0 Å². The zero-order chi connectivity index (χ0) is 31.6. The molecule has 45 heavy (non-hydrogen) atoms. The molecule has 1 fully saturated rings. The average molecular weight is 615 g/mol. The number of allylic oxidation sites excluding steroid dienone is 2. The van der Waals surface area contributed by atoms with Gasteiger partial charge in [0.05, 0.1) is 24.0 Å². The molecule has 236 valence electrons. The van der Waals surface area contributed by atoms with Crippen LogP contribution in [0.4, 0.5) is 0 Å². The van der Waals surface area contributed by atoms with Crippen LogP contribution in [0.25, 0.3) is 0 Å². The molecule has 2 aliphatic rings. The van der Waals surface area contributed by atoms with Crippen LogP contribution in [0.1, 0.15) is 34.3 Å². The number of carbonyl (C=O) groups excluding carboxylic acids is 3. The number of methoxy groups -OCH3 is 1. The van der Waals surface area contributed by atoms with Crippen molar-refractivity contribution in [2.75, 3.05) is 13.7 Å². The molecular formula is C36H38O9. The highest BCUT2D eigenvalue weighted by Gasteiger charge is 2.53. The van der Waals surface area contributed by atoms with Gasteiger partial charge in [0.1, 0.15) is 6.10 Å². The van der Waals surface area contributed by atoms with E-state index in [9.17, 15) is 19.5 Å². The molecule has 9 nitrogen and oxygen atoms in total. The van der Waals surface area contributed by atoms with Crippen molar-refractivity contribution in [3.63, 3.8) is 0 Å². The summed E-state index contributed by atoms with van der Waals surface area (Å²) in [6, 6.07) is 27.5. The number of aliphatic hydroxyl groups excluding tert-OH is 1. The highest BCUT2D eigenvalue weighted by molar-refractivity contribution is 5.89. The lowest BCUT2D eigenvalue weighted by Crippen LogP contribution is -2.63. The number of ether oxygens (including phenoxy) is 5. The van der Waals surface area contributed by atoms with Crippen LogP contribution in [0.3, 0.4) is 0 Å². The maximum absolute atomic E-state index is 13.9. The maximum Gasteiger partial charge on any atom is 0.338 e. The fourth-order valence-electron chi connectivity index (χ4n) is 5.69. The second-order valence-electron chi connectivity index (χ2n) is 11.2. The molecule has 0 saturated carbocycles. The summed E-state index contributed by atoms with van der Waals surface area (Å²) < 4.78 is 29.5. The Kier molecular flexibility index (Phi) is 11.1. The quantitative estimate of drug-likeness (QED) is 0.223. The topological polar surface area (TPSA) is 118 Å². The zero-order valence-corrected chi connectivity index (χ0v) is 25.1. The summed E-state index contributed by atoms with van der Waals surface area (Å²) >= 11 is 0. The summed E-state index contributed by atoms with van der Waals surface area (Å²) in [5.41, 5.74) is 2.17. The first-order valence-electron chi connectivity index (χ1n) is 15.2. The number of benzene rings is 3. The molecule has 0 amide bonds. The minimum Gasteiger partial charge on any atom is -0.455 e. The van der Waals surface area contributed by atoms with Gasteiger partial charge in [-0.1, -0.05) is 91.0 Å². The summed E-state index contributed by atoms with van der Waals surface area (Å²) in [4.78, 5) is 40.9. The van der Waals surface area contributed by atoms with Crippen molar-refractivity contribution in [3.8, 4) is 0 Å². The Morgan fingerprint density at radius 2 is 1.24 bits per heavy atom. The SMILES string of the molecule is CO[C@H]1O[C@H](CO)[C@@H]2OC(=O)[C@H](Cc3ccccc3)CC=CC[C@@H](Cc3ccccc3)C(=O)O[C@@H]2[C@H]1OC(=O)c1ccccc1. The minimum absolute atomic E-state index is 0.264. The molecule has 0 bridgehead atoms. The number of aliphatic hydroxyl groups is 1. The number of carbonyl (C=O) groups is 3. The van der Waals surface area contributed by atoms with Gasteiger partial charge in [0.15, 0.2) is 24.6 Å². The Morgan fingerprint density at radius 3 is 1.73 bits per heavy atom. The molecule has 3 aromatic rings. The van der Waals surface area contributed by atoms with Gasteiger partial charge in [0.2, 0.25) is 0 Å². The average Bonchev–Trinajstić information content (AvgIpc) is 3.07. The third kappa shape index (κ3) is 8.25. The molecule has 0 aromatic heterocycles. The molecule has 7 atom stereocenters. The van der Waals surface area contributed by atoms with Crippen molar-refractivity contribution < 1.29 is 43.2 Å². The number of fused-ring (bicyclic) bond motifs is 1. The summed E-state index contributed by atoms with van der Waals surface area (Å²) in [6.45, 7) is -0.568. The molecule has 2 heterocycles. The van der Waals surface area contributed by atoms with Crippen molar-refractivity contribution in [2.45, 2.75) is 56.4 Å². The lowest BCUT2D eigenvalue weighted by atomic mass is 9.92. The fraction of sp³-hybridized carbons (Fsp3) is 0.361. The molecule has 9 heteroatoms. The molecule has 0 unspecified atom stereocenters. The van der Waals surface area contributed by atoms with Crippen LogP contribution in [0.2, 0.25) is 0 Å². The third-order valence-corrected chi connectivity index (χ3v) is 8.08. The highest BCUT2D eigenvalue weighted by atomic mass is 16.7. The highest BCUT2D eigenvalue weighted by Crippen LogP contribution is 2.32. The second kappa shape index (κ2) is 15.6. The van der Waals surface area contributed by atoms with Crippen LogP contribution in [-0.4, -0.2) is 67.4 Å². The zero-order valence-electron chi connectivity index (χ0n) is 25.1. The van der Waals surface area contributed by atoms with Gasteiger partial charge >= 0.3 is 17.9 Å². The normalized spacial score (nSPS) is 27.2. The summed E-state index contributed by atoms with van der Waals surface area (Å²) in [5, 5.41) is 10.3. The van der Waals surface area contributed by atoms with Crippen LogP contribution < -0.4 is 0 Å². The number of hydrogen-bond acceptors (Lipinski definition) is 9. The van der Waals surface area contributed by atoms with Gasteiger partial charge in [0.25, 0.3) is 0 Å². The van der Waals surface area contributed by atoms with Gasteiger partial charge in [0, 0.05) is 7.11 Å². The predicted molar refractivity (Wildman–Crippen MR) is 164 cm³/mol. The summed E-state index contributed by atoms with van der Waals surface area (Å²) in [7, 11) is 1.35. The number of esters is 3. The predicted octanol–water partition coefficient (Wildman–Crippen LogP) is 4.47. The van der Waals surface area contributed by atoms with E-state index in [4.69, 9.17) is 23.7 Å². The maximum atomic E-state index is 13.9. The number of rotatable bonds is 8. The second-order valence-corrected chi connectivity index (χ2v) is 11.2. The van der Waals surface area contributed by atoms with Gasteiger partial charge in [-0.15, -0.1) is 0 Å². The van der Waals surface area contributed by atoms with Crippen molar-refractivity contribution in [1.82, 2.24) is 0 Å². The van der Waals surface area contributed by atoms with Crippen molar-refractivity contribution >= 4 is 17.9 Å². The number of hydrogen-bond donors (Lipinski definition) is 1. The molecule has 1 N–H and O–H groups in total. The first-order chi connectivity index (χ1) is 22.0. The van der Waals surface area contributed by atoms with Crippen LogP contribution in [0.5, 0.6) is 0 Å². The van der Waals surface area contributed by atoms with Crippen molar-refractivity contribution in [2.24, 2.45) is 11.8 Å². The van der Waals surface area contributed by atoms with Gasteiger partial charge in [-0.25, -0.2) is 4.79 Å². The molecule has 3 aromatic carbocycles. The monoisotopic (exact) mass is 614 g/mol. The van der Waals surface area contributed by atoms with Crippen LogP contribution in [-0.2, 0) is 46.1 Å². The molecular weight excluding hydrogens is 576 g/mol. The minimum atomic E-state index is -1.33. The molecule has 5 rings (SSSR count). The summed E-state index contributed by atoms with van der Waals surface area (Å²) in [6.07, 6.45) is -0.935. The van der Waals surface area contributed by atoms with E-state index in [2.05, 4.69) is 0 Å². The fourth-order valence-corrected chi connectivity index (χ4v) is 5.69. The van der Waals surface area contributed by atoms with E-state index in [0.717, 1.165) is 11.1 Å². The van der Waals surface area contributed by atoms with Gasteiger partial charge in [-0.3, -0.25) is 9.59 Å². The Bertz CT molecular complexity index is 1430.